The van der Waals surface area contributed by atoms with Crippen LogP contribution in [0.1, 0.15) is 6.42 Å². The molecule has 2 rings (SSSR count). The highest BCUT2D eigenvalue weighted by atomic mass is 16.5. The van der Waals surface area contributed by atoms with Crippen LogP contribution in [0.25, 0.3) is 0 Å². The SMILES string of the molecule is COC(=O)CCN1CCN(c2ccccc2O)CC1. The van der Waals surface area contributed by atoms with Crippen LogP contribution in [0.3, 0.4) is 0 Å². The number of carbonyl (C=O) groups excluding carboxylic acids is 1. The molecule has 0 bridgehead atoms. The van der Waals surface area contributed by atoms with E-state index >= 15 is 0 Å². The van der Waals surface area contributed by atoms with Crippen molar-refractivity contribution in [2.45, 2.75) is 6.42 Å². The van der Waals surface area contributed by atoms with Gasteiger partial charge in [-0.05, 0) is 12.1 Å². The quantitative estimate of drug-likeness (QED) is 0.825. The van der Waals surface area contributed by atoms with Crippen LogP contribution in [0.4, 0.5) is 5.69 Å². The van der Waals surface area contributed by atoms with E-state index in [0.29, 0.717) is 12.2 Å². The lowest BCUT2D eigenvalue weighted by molar-refractivity contribution is -0.141. The fourth-order valence-electron chi connectivity index (χ4n) is 2.30. The molecule has 1 saturated heterocycles. The summed E-state index contributed by atoms with van der Waals surface area (Å²) in [5.41, 5.74) is 0.884. The van der Waals surface area contributed by atoms with Gasteiger partial charge in [-0.25, -0.2) is 0 Å². The zero-order valence-corrected chi connectivity index (χ0v) is 11.2. The molecule has 5 nitrogen and oxygen atoms in total. The van der Waals surface area contributed by atoms with E-state index in [9.17, 15) is 9.90 Å². The van der Waals surface area contributed by atoms with Gasteiger partial charge in [0.2, 0.25) is 0 Å². The molecule has 0 spiro atoms. The highest BCUT2D eigenvalue weighted by Gasteiger charge is 2.19. The van der Waals surface area contributed by atoms with E-state index in [1.807, 2.05) is 18.2 Å². The van der Waals surface area contributed by atoms with Crippen molar-refractivity contribution in [2.24, 2.45) is 0 Å². The molecule has 0 radical (unpaired) electrons. The van der Waals surface area contributed by atoms with Gasteiger partial charge in [-0.1, -0.05) is 12.1 Å². The van der Waals surface area contributed by atoms with Crippen LogP contribution < -0.4 is 4.90 Å². The number of hydrogen-bond acceptors (Lipinski definition) is 5. The van der Waals surface area contributed by atoms with Crippen LogP contribution in [0.2, 0.25) is 0 Å². The van der Waals surface area contributed by atoms with Gasteiger partial charge >= 0.3 is 5.97 Å². The molecule has 1 aliphatic rings. The summed E-state index contributed by atoms with van der Waals surface area (Å²) in [6.45, 7) is 4.25. The van der Waals surface area contributed by atoms with Crippen LogP contribution in [0.5, 0.6) is 5.75 Å². The van der Waals surface area contributed by atoms with Crippen LogP contribution in [-0.4, -0.2) is 55.8 Å². The van der Waals surface area contributed by atoms with E-state index in [-0.39, 0.29) is 5.97 Å². The number of esters is 1. The van der Waals surface area contributed by atoms with E-state index in [1.54, 1.807) is 6.07 Å². The second-order valence-electron chi connectivity index (χ2n) is 4.64. The zero-order valence-electron chi connectivity index (χ0n) is 11.2. The summed E-state index contributed by atoms with van der Waals surface area (Å²) in [5.74, 6) is 0.161. The van der Waals surface area contributed by atoms with E-state index in [0.717, 1.165) is 38.4 Å². The molecule has 0 unspecified atom stereocenters. The number of phenolic OH excluding ortho intramolecular Hbond substituents is 1. The molecule has 19 heavy (non-hydrogen) atoms. The van der Waals surface area contributed by atoms with Gasteiger partial charge in [0.1, 0.15) is 5.75 Å². The number of piperazine rings is 1. The Morgan fingerprint density at radius 2 is 1.95 bits per heavy atom. The van der Waals surface area contributed by atoms with Crippen LogP contribution >= 0.6 is 0 Å². The maximum Gasteiger partial charge on any atom is 0.306 e. The summed E-state index contributed by atoms with van der Waals surface area (Å²) in [7, 11) is 1.42. The molecule has 1 aromatic carbocycles. The number of hydrogen-bond donors (Lipinski definition) is 1. The summed E-state index contributed by atoms with van der Waals surface area (Å²) in [4.78, 5) is 15.5. The smallest absolute Gasteiger partial charge is 0.306 e. The largest absolute Gasteiger partial charge is 0.506 e. The second-order valence-corrected chi connectivity index (χ2v) is 4.64. The lowest BCUT2D eigenvalue weighted by atomic mass is 10.2. The predicted octanol–water partition coefficient (Wildman–Crippen LogP) is 1.08. The highest BCUT2D eigenvalue weighted by molar-refractivity contribution is 5.69. The van der Waals surface area contributed by atoms with Gasteiger partial charge in [0, 0.05) is 32.7 Å². The number of methoxy groups -OCH3 is 1. The summed E-state index contributed by atoms with van der Waals surface area (Å²) in [6, 6.07) is 7.39. The molecule has 5 heteroatoms. The predicted molar refractivity (Wildman–Crippen MR) is 73.4 cm³/mol. The van der Waals surface area contributed by atoms with E-state index in [1.165, 1.54) is 7.11 Å². The molecular weight excluding hydrogens is 244 g/mol. The van der Waals surface area contributed by atoms with Crippen molar-refractivity contribution >= 4 is 11.7 Å². The zero-order chi connectivity index (χ0) is 13.7. The van der Waals surface area contributed by atoms with Crippen molar-refractivity contribution in [2.75, 3.05) is 44.7 Å². The minimum Gasteiger partial charge on any atom is -0.506 e. The Hall–Kier alpha value is -1.75. The van der Waals surface area contributed by atoms with Gasteiger partial charge in [-0.15, -0.1) is 0 Å². The third kappa shape index (κ3) is 3.61. The summed E-state index contributed by atoms with van der Waals surface area (Å²) in [5, 5.41) is 9.82. The number of ether oxygens (including phenoxy) is 1. The first-order valence-corrected chi connectivity index (χ1v) is 6.53. The lowest BCUT2D eigenvalue weighted by Gasteiger charge is -2.36. The molecule has 1 N–H and O–H groups in total. The highest BCUT2D eigenvalue weighted by Crippen LogP contribution is 2.27. The summed E-state index contributed by atoms with van der Waals surface area (Å²) < 4.78 is 4.64. The number of carbonyl (C=O) groups is 1. The maximum absolute atomic E-state index is 11.1. The Kier molecular flexibility index (Phi) is 4.63. The number of phenols is 1. The maximum atomic E-state index is 11.1. The Labute approximate surface area is 113 Å². The van der Waals surface area contributed by atoms with Crippen LogP contribution in [0, 0.1) is 0 Å². The third-order valence-electron chi connectivity index (χ3n) is 3.45. The third-order valence-corrected chi connectivity index (χ3v) is 3.45. The molecule has 0 saturated carbocycles. The number of anilines is 1. The van der Waals surface area contributed by atoms with Gasteiger partial charge in [0.05, 0.1) is 19.2 Å². The van der Waals surface area contributed by atoms with E-state index < -0.39 is 0 Å². The Morgan fingerprint density at radius 3 is 2.58 bits per heavy atom. The van der Waals surface area contributed by atoms with Crippen molar-refractivity contribution < 1.29 is 14.6 Å². The summed E-state index contributed by atoms with van der Waals surface area (Å²) in [6.07, 6.45) is 0.438. The number of benzene rings is 1. The minimum absolute atomic E-state index is 0.164. The molecule has 1 fully saturated rings. The molecule has 0 atom stereocenters. The number of para-hydroxylation sites is 2. The second kappa shape index (κ2) is 6.43. The van der Waals surface area contributed by atoms with Crippen LogP contribution in [0.15, 0.2) is 24.3 Å². The molecule has 1 aliphatic heterocycles. The first-order valence-electron chi connectivity index (χ1n) is 6.53. The van der Waals surface area contributed by atoms with Gasteiger partial charge in [0.25, 0.3) is 0 Å². The standard InChI is InChI=1S/C14H20N2O3/c1-19-14(18)6-7-15-8-10-16(11-9-15)12-4-2-3-5-13(12)17/h2-5,17H,6-11H2,1H3. The average molecular weight is 264 g/mol. The van der Waals surface area contributed by atoms with Gasteiger partial charge < -0.3 is 14.7 Å². The molecule has 0 amide bonds. The van der Waals surface area contributed by atoms with Crippen molar-refractivity contribution in [1.82, 2.24) is 4.90 Å². The summed E-state index contributed by atoms with van der Waals surface area (Å²) >= 11 is 0. The fraction of sp³-hybridized carbons (Fsp3) is 0.500. The van der Waals surface area contributed by atoms with Gasteiger partial charge in [-0.3, -0.25) is 9.69 Å². The Morgan fingerprint density at radius 1 is 1.26 bits per heavy atom. The van der Waals surface area contributed by atoms with E-state index in [2.05, 4.69) is 14.5 Å². The number of aromatic hydroxyl groups is 1. The molecule has 1 heterocycles. The van der Waals surface area contributed by atoms with Crippen LogP contribution in [-0.2, 0) is 9.53 Å². The van der Waals surface area contributed by atoms with Crippen molar-refractivity contribution in [3.8, 4) is 5.75 Å². The van der Waals surface area contributed by atoms with Crippen molar-refractivity contribution in [3.63, 3.8) is 0 Å². The average Bonchev–Trinajstić information content (AvgIpc) is 2.46. The first-order chi connectivity index (χ1) is 9.20. The molecule has 0 aromatic heterocycles. The first kappa shape index (κ1) is 13.7. The normalized spacial score (nSPS) is 16.4. The van der Waals surface area contributed by atoms with Gasteiger partial charge in [-0.2, -0.15) is 0 Å². The Bertz CT molecular complexity index is 428. The fourth-order valence-corrected chi connectivity index (χ4v) is 2.30. The number of nitrogens with zero attached hydrogens (tertiary/aromatic N) is 2. The number of rotatable bonds is 4. The lowest BCUT2D eigenvalue weighted by Crippen LogP contribution is -2.47. The molecular formula is C14H20N2O3. The van der Waals surface area contributed by atoms with Crippen molar-refractivity contribution in [1.29, 1.82) is 0 Å². The van der Waals surface area contributed by atoms with E-state index in [4.69, 9.17) is 0 Å². The topological polar surface area (TPSA) is 53.0 Å². The van der Waals surface area contributed by atoms with Crippen molar-refractivity contribution in [3.05, 3.63) is 24.3 Å². The Balaban J connectivity index is 1.83. The molecule has 104 valence electrons. The van der Waals surface area contributed by atoms with Gasteiger partial charge in [0.15, 0.2) is 0 Å². The molecule has 0 aliphatic carbocycles. The monoisotopic (exact) mass is 264 g/mol. The minimum atomic E-state index is -0.164. The molecule has 1 aromatic rings.